The normalized spacial score (nSPS) is 12.3. The lowest BCUT2D eigenvalue weighted by molar-refractivity contribution is -0.121. The fourth-order valence-electron chi connectivity index (χ4n) is 2.80. The molecule has 0 unspecified atom stereocenters. The van der Waals surface area contributed by atoms with Gasteiger partial charge in [-0.3, -0.25) is 9.48 Å². The highest BCUT2D eigenvalue weighted by molar-refractivity contribution is 7.99. The second-order valence-electron chi connectivity index (χ2n) is 6.48. The molecule has 0 fully saturated rings. The minimum Gasteiger partial charge on any atom is -0.352 e. The summed E-state index contributed by atoms with van der Waals surface area (Å²) in [5, 5.41) is 9.19. The zero-order chi connectivity index (χ0) is 18.5. The highest BCUT2D eigenvalue weighted by Gasteiger charge is 2.09. The predicted molar refractivity (Wildman–Crippen MR) is 104 cm³/mol. The number of carbonyl (C=O) groups excluding carboxylic acids is 1. The quantitative estimate of drug-likeness (QED) is 0.648. The molecule has 0 spiro atoms. The molecule has 1 atom stereocenters. The number of aromatic nitrogens is 4. The number of benzene rings is 1. The first-order valence-corrected chi connectivity index (χ1v) is 9.62. The molecule has 136 valence electrons. The number of carbonyl (C=O) groups is 1. The number of hydrogen-bond acceptors (Lipinski definition) is 5. The summed E-state index contributed by atoms with van der Waals surface area (Å²) in [5.41, 5.74) is 3.45. The van der Waals surface area contributed by atoms with Crippen molar-refractivity contribution in [3.8, 4) is 0 Å². The van der Waals surface area contributed by atoms with E-state index in [1.165, 1.54) is 22.8 Å². The Hall–Kier alpha value is -2.41. The third kappa shape index (κ3) is 4.82. The molecule has 0 saturated heterocycles. The number of hydrogen-bond donors (Lipinski definition) is 1. The summed E-state index contributed by atoms with van der Waals surface area (Å²) in [4.78, 5) is 20.7. The number of aryl methyl sites for hydroxylation is 2. The van der Waals surface area contributed by atoms with E-state index in [0.29, 0.717) is 18.7 Å². The standard InChI is InChI=1S/C19H23N5OS/c1-13-4-5-17-16(8-13)14(2)9-19(23-17)26-7-6-18(25)22-15(3)10-24-12-20-11-21-24/h4-5,8-9,11-12,15H,6-7,10H2,1-3H3,(H,22,25)/t15-/m0/s1. The molecule has 26 heavy (non-hydrogen) atoms. The Labute approximate surface area is 157 Å². The van der Waals surface area contributed by atoms with Gasteiger partial charge in [-0.15, -0.1) is 11.8 Å². The number of rotatable bonds is 7. The summed E-state index contributed by atoms with van der Waals surface area (Å²) in [6.45, 7) is 6.77. The van der Waals surface area contributed by atoms with Crippen LogP contribution in [0.5, 0.6) is 0 Å². The number of amides is 1. The summed E-state index contributed by atoms with van der Waals surface area (Å²) in [7, 11) is 0. The van der Waals surface area contributed by atoms with Gasteiger partial charge in [-0.2, -0.15) is 5.10 Å². The van der Waals surface area contributed by atoms with Crippen molar-refractivity contribution in [1.29, 1.82) is 0 Å². The van der Waals surface area contributed by atoms with Crippen LogP contribution in [0.1, 0.15) is 24.5 Å². The molecule has 7 heteroatoms. The fraction of sp³-hybridized carbons (Fsp3) is 0.368. The minimum absolute atomic E-state index is 0.0125. The Morgan fingerprint density at radius 1 is 1.31 bits per heavy atom. The number of nitrogens with zero attached hydrogens (tertiary/aromatic N) is 4. The van der Waals surface area contributed by atoms with Gasteiger partial charge in [0.15, 0.2) is 0 Å². The van der Waals surface area contributed by atoms with E-state index in [9.17, 15) is 4.79 Å². The van der Waals surface area contributed by atoms with Gasteiger partial charge in [-0.1, -0.05) is 11.6 Å². The van der Waals surface area contributed by atoms with Crippen molar-refractivity contribution in [3.63, 3.8) is 0 Å². The van der Waals surface area contributed by atoms with Crippen LogP contribution in [-0.4, -0.2) is 37.5 Å². The molecule has 0 bridgehead atoms. The molecule has 3 aromatic rings. The van der Waals surface area contributed by atoms with E-state index in [1.807, 2.05) is 6.92 Å². The summed E-state index contributed by atoms with van der Waals surface area (Å²) >= 11 is 1.61. The molecular weight excluding hydrogens is 346 g/mol. The molecule has 2 heterocycles. The van der Waals surface area contributed by atoms with Crippen LogP contribution in [0.3, 0.4) is 0 Å². The van der Waals surface area contributed by atoms with E-state index in [-0.39, 0.29) is 11.9 Å². The van der Waals surface area contributed by atoms with Gasteiger partial charge in [0, 0.05) is 23.6 Å². The van der Waals surface area contributed by atoms with E-state index in [1.54, 1.807) is 22.8 Å². The Morgan fingerprint density at radius 2 is 2.15 bits per heavy atom. The van der Waals surface area contributed by atoms with Gasteiger partial charge in [0.05, 0.1) is 17.1 Å². The van der Waals surface area contributed by atoms with Gasteiger partial charge in [0.2, 0.25) is 5.91 Å². The number of nitrogens with one attached hydrogen (secondary N) is 1. The van der Waals surface area contributed by atoms with Gasteiger partial charge in [0.25, 0.3) is 0 Å². The zero-order valence-electron chi connectivity index (χ0n) is 15.3. The Kier molecular flexibility index (Phi) is 5.88. The van der Waals surface area contributed by atoms with Crippen LogP contribution in [0, 0.1) is 13.8 Å². The summed E-state index contributed by atoms with van der Waals surface area (Å²) in [6, 6.07) is 8.40. The van der Waals surface area contributed by atoms with Crippen LogP contribution < -0.4 is 5.32 Å². The predicted octanol–water partition coefficient (Wildman–Crippen LogP) is 3.13. The highest BCUT2D eigenvalue weighted by Crippen LogP contribution is 2.24. The van der Waals surface area contributed by atoms with Gasteiger partial charge in [0.1, 0.15) is 12.7 Å². The maximum atomic E-state index is 12.1. The van der Waals surface area contributed by atoms with E-state index in [0.717, 1.165) is 10.5 Å². The maximum absolute atomic E-state index is 12.1. The Balaban J connectivity index is 1.50. The van der Waals surface area contributed by atoms with Crippen LogP contribution in [0.4, 0.5) is 0 Å². The van der Waals surface area contributed by atoms with Gasteiger partial charge in [-0.25, -0.2) is 9.97 Å². The average Bonchev–Trinajstić information content (AvgIpc) is 3.08. The molecule has 0 aliphatic heterocycles. The van der Waals surface area contributed by atoms with Crippen LogP contribution >= 0.6 is 11.8 Å². The molecular formula is C19H23N5OS. The fourth-order valence-corrected chi connectivity index (χ4v) is 3.72. The van der Waals surface area contributed by atoms with Crippen molar-refractivity contribution in [2.45, 2.75) is 44.8 Å². The first-order valence-electron chi connectivity index (χ1n) is 8.64. The molecule has 0 saturated carbocycles. The average molecular weight is 369 g/mol. The highest BCUT2D eigenvalue weighted by atomic mass is 32.2. The van der Waals surface area contributed by atoms with Crippen LogP contribution in [0.25, 0.3) is 10.9 Å². The first-order chi connectivity index (χ1) is 12.5. The van der Waals surface area contributed by atoms with Crippen molar-refractivity contribution in [3.05, 3.63) is 48.0 Å². The minimum atomic E-state index is 0.0125. The van der Waals surface area contributed by atoms with Gasteiger partial charge >= 0.3 is 0 Å². The molecule has 0 aliphatic carbocycles. The molecule has 3 rings (SSSR count). The van der Waals surface area contributed by atoms with Crippen molar-refractivity contribution in [2.24, 2.45) is 0 Å². The zero-order valence-corrected chi connectivity index (χ0v) is 16.1. The largest absolute Gasteiger partial charge is 0.352 e. The van der Waals surface area contributed by atoms with Crippen LogP contribution in [0.15, 0.2) is 41.9 Å². The van der Waals surface area contributed by atoms with Gasteiger partial charge in [-0.05, 0) is 44.5 Å². The molecule has 1 amide bonds. The first kappa shape index (κ1) is 18.4. The summed E-state index contributed by atoms with van der Waals surface area (Å²) in [6.07, 6.45) is 3.60. The third-order valence-electron chi connectivity index (χ3n) is 4.06. The molecule has 2 aromatic heterocycles. The summed E-state index contributed by atoms with van der Waals surface area (Å²) in [5.74, 6) is 0.740. The Bertz CT molecular complexity index is 894. The smallest absolute Gasteiger partial charge is 0.221 e. The lowest BCUT2D eigenvalue weighted by Gasteiger charge is -2.13. The molecule has 6 nitrogen and oxygen atoms in total. The van der Waals surface area contributed by atoms with E-state index >= 15 is 0 Å². The van der Waals surface area contributed by atoms with Crippen LogP contribution in [0.2, 0.25) is 0 Å². The topological polar surface area (TPSA) is 72.7 Å². The van der Waals surface area contributed by atoms with Gasteiger partial charge < -0.3 is 5.32 Å². The van der Waals surface area contributed by atoms with E-state index in [2.05, 4.69) is 53.5 Å². The van der Waals surface area contributed by atoms with Crippen molar-refractivity contribution in [1.82, 2.24) is 25.1 Å². The number of thioether (sulfide) groups is 1. The Morgan fingerprint density at radius 3 is 2.92 bits per heavy atom. The second kappa shape index (κ2) is 8.31. The second-order valence-corrected chi connectivity index (χ2v) is 7.60. The lowest BCUT2D eigenvalue weighted by Crippen LogP contribution is -2.35. The maximum Gasteiger partial charge on any atom is 0.221 e. The number of fused-ring (bicyclic) bond motifs is 1. The molecule has 1 aromatic carbocycles. The monoisotopic (exact) mass is 369 g/mol. The third-order valence-corrected chi connectivity index (χ3v) is 4.97. The molecule has 0 radical (unpaired) electrons. The molecule has 0 aliphatic rings. The van der Waals surface area contributed by atoms with E-state index < -0.39 is 0 Å². The lowest BCUT2D eigenvalue weighted by atomic mass is 10.1. The van der Waals surface area contributed by atoms with Crippen molar-refractivity contribution in [2.75, 3.05) is 5.75 Å². The van der Waals surface area contributed by atoms with Crippen molar-refractivity contribution < 1.29 is 4.79 Å². The van der Waals surface area contributed by atoms with E-state index in [4.69, 9.17) is 4.98 Å². The SMILES string of the molecule is Cc1ccc2nc(SCCC(=O)N[C@@H](C)Cn3cncn3)cc(C)c2c1. The number of pyridine rings is 1. The van der Waals surface area contributed by atoms with Crippen LogP contribution in [-0.2, 0) is 11.3 Å². The van der Waals surface area contributed by atoms with Crippen molar-refractivity contribution >= 4 is 28.6 Å². The molecule has 1 N–H and O–H groups in total. The summed E-state index contributed by atoms with van der Waals surface area (Å²) < 4.78 is 1.71.